The lowest BCUT2D eigenvalue weighted by Crippen LogP contribution is -2.57. The lowest BCUT2D eigenvalue weighted by molar-refractivity contribution is -0.124. The highest BCUT2D eigenvalue weighted by molar-refractivity contribution is 6.00. The van der Waals surface area contributed by atoms with Gasteiger partial charge in [0.15, 0.2) is 11.6 Å². The molecule has 4 aliphatic rings. The Bertz CT molecular complexity index is 3540. The largest absolute Gasteiger partial charge is 0.438 e. The predicted molar refractivity (Wildman–Crippen MR) is 250 cm³/mol. The van der Waals surface area contributed by atoms with E-state index in [9.17, 15) is 9.59 Å². The lowest BCUT2D eigenvalue weighted by Gasteiger charge is -2.47. The van der Waals surface area contributed by atoms with Crippen LogP contribution in [0.1, 0.15) is 116 Å². The maximum absolute atomic E-state index is 16.3. The van der Waals surface area contributed by atoms with Crippen molar-refractivity contribution in [1.82, 2.24) is 48.3 Å². The Labute approximate surface area is 394 Å². The quantitative estimate of drug-likeness (QED) is 0.167. The molecule has 2 saturated heterocycles. The van der Waals surface area contributed by atoms with E-state index in [4.69, 9.17) is 19.1 Å². The smallest absolute Gasteiger partial charge is 0.376 e. The topological polar surface area (TPSA) is 165 Å². The lowest BCUT2D eigenvalue weighted by atomic mass is 9.83. The van der Waals surface area contributed by atoms with Crippen LogP contribution in [-0.2, 0) is 28.5 Å². The van der Waals surface area contributed by atoms with Gasteiger partial charge in [-0.2, -0.15) is 10.2 Å². The molecule has 1 spiro atoms. The van der Waals surface area contributed by atoms with Crippen LogP contribution in [0.15, 0.2) is 81.2 Å². The van der Waals surface area contributed by atoms with Gasteiger partial charge in [-0.05, 0) is 138 Å². The summed E-state index contributed by atoms with van der Waals surface area (Å²) in [5.41, 5.74) is 2.44. The molecule has 1 aliphatic carbocycles. The van der Waals surface area contributed by atoms with E-state index in [1.54, 1.807) is 65.6 Å². The van der Waals surface area contributed by atoms with Crippen LogP contribution in [0, 0.1) is 31.4 Å². The van der Waals surface area contributed by atoms with Crippen molar-refractivity contribution in [2.45, 2.75) is 109 Å². The van der Waals surface area contributed by atoms with Crippen molar-refractivity contribution in [3.63, 3.8) is 0 Å². The van der Waals surface area contributed by atoms with Gasteiger partial charge in [-0.25, -0.2) is 23.1 Å². The van der Waals surface area contributed by atoms with Crippen molar-refractivity contribution in [2.75, 3.05) is 13.2 Å². The Morgan fingerprint density at radius 1 is 0.913 bits per heavy atom. The first-order valence-corrected chi connectivity index (χ1v) is 23.6. The summed E-state index contributed by atoms with van der Waals surface area (Å²) in [6.45, 7) is 12.6. The van der Waals surface area contributed by atoms with Crippen molar-refractivity contribution in [3.05, 3.63) is 139 Å². The zero-order chi connectivity index (χ0) is 48.1. The van der Waals surface area contributed by atoms with E-state index in [2.05, 4.69) is 54.2 Å². The standard InChI is InChI=1S/C51H52F2N10O6/c1-27-19-34(20-28(2)42(27)52)63-44(60-16-15-59(48(60)66)39-12-11-38-35(43(39)53)26-54-58(38)7)41-30(4)61(50(14-8-17-68-50)25-36(41)56-63)45(64)40-22-33-21-31(32-13-18-67-49(5,6)24-32)9-10-37(33)62(40)51(23-29(51)3)46-55-47(65)69-57-46/h9-12,15-16,19-22,26,29-30,32H,8,13-14,17-18,23-25H2,1-7H3,(H,55,57,65)/t29-,30-,32-,50?,51-/m0/s1. The number of carbonyl (C=O) groups excluding carboxylic acids is 1. The Hall–Kier alpha value is -6.92. The molecule has 12 rings (SSSR count). The number of H-pyrrole nitrogens is 1. The van der Waals surface area contributed by atoms with E-state index < -0.39 is 34.6 Å². The third-order valence-electron chi connectivity index (χ3n) is 15.5. The number of ether oxygens (including phenoxy) is 2. The number of aromatic nitrogens is 9. The molecule has 3 aliphatic heterocycles. The molecule has 3 aromatic carbocycles. The molecule has 16 nitrogen and oxygen atoms in total. The molecule has 1 amide bonds. The molecule has 1 unspecified atom stereocenters. The highest BCUT2D eigenvalue weighted by Crippen LogP contribution is 2.57. The molecule has 69 heavy (non-hydrogen) atoms. The number of nitrogens with one attached hydrogen (secondary N) is 1. The SMILES string of the molecule is Cc1cc(-n2nc3c(c2-n2ccn(-c4ccc5c(cnn5C)c4F)c2=O)[C@H](C)N(C(=O)c2cc4cc([C@H]5CCOC(C)(C)C5)ccc4n2[C@@]2(c4noc(=O)[nH]4)C[C@@H]2C)C2(CCCO2)C3)cc(C)c1F. The van der Waals surface area contributed by atoms with Crippen LogP contribution in [-0.4, -0.2) is 78.7 Å². The highest BCUT2D eigenvalue weighted by atomic mass is 19.1. The van der Waals surface area contributed by atoms with Gasteiger partial charge in [0.1, 0.15) is 28.6 Å². The zero-order valence-corrected chi connectivity index (χ0v) is 39.5. The number of aromatic amines is 1. The minimum atomic E-state index is -1.14. The van der Waals surface area contributed by atoms with Crippen molar-refractivity contribution in [1.29, 1.82) is 0 Å². The molecule has 1 saturated carbocycles. The first-order chi connectivity index (χ1) is 33.0. The minimum Gasteiger partial charge on any atom is -0.376 e. The molecule has 356 valence electrons. The number of hydrogen-bond donors (Lipinski definition) is 1. The minimum absolute atomic E-state index is 0.0315. The van der Waals surface area contributed by atoms with Gasteiger partial charge < -0.3 is 18.9 Å². The number of benzene rings is 3. The Morgan fingerprint density at radius 2 is 1.67 bits per heavy atom. The van der Waals surface area contributed by atoms with Gasteiger partial charge >= 0.3 is 11.4 Å². The maximum atomic E-state index is 16.3. The van der Waals surface area contributed by atoms with Crippen LogP contribution in [0.5, 0.6) is 0 Å². The second-order valence-electron chi connectivity index (χ2n) is 20.3. The molecule has 5 atom stereocenters. The third kappa shape index (κ3) is 6.36. The molecule has 0 bridgehead atoms. The van der Waals surface area contributed by atoms with E-state index in [1.807, 2.05) is 17.6 Å². The van der Waals surface area contributed by atoms with Crippen LogP contribution in [0.2, 0.25) is 0 Å². The van der Waals surface area contributed by atoms with Crippen LogP contribution < -0.4 is 11.4 Å². The highest BCUT2D eigenvalue weighted by Gasteiger charge is 2.60. The third-order valence-corrected chi connectivity index (χ3v) is 15.5. The molecule has 0 radical (unpaired) electrons. The average Bonchev–Trinajstić information content (AvgIpc) is 4.06. The number of fused-ring (bicyclic) bond motifs is 3. The number of amides is 1. The number of rotatable bonds is 7. The number of imidazole rings is 1. The summed E-state index contributed by atoms with van der Waals surface area (Å²) in [5.74, 6) is -1.12. The molecule has 5 aromatic heterocycles. The Morgan fingerprint density at radius 3 is 2.36 bits per heavy atom. The van der Waals surface area contributed by atoms with Gasteiger partial charge in [0, 0.05) is 55.5 Å². The first kappa shape index (κ1) is 43.4. The zero-order valence-electron chi connectivity index (χ0n) is 39.5. The molecular formula is C51H52F2N10O6. The van der Waals surface area contributed by atoms with E-state index >= 15 is 13.6 Å². The van der Waals surface area contributed by atoms with Gasteiger partial charge in [-0.15, -0.1) is 0 Å². The Balaban J connectivity index is 1.05. The molecule has 8 heterocycles. The molecule has 18 heteroatoms. The number of nitrogens with zero attached hydrogens (tertiary/aromatic N) is 9. The van der Waals surface area contributed by atoms with Crippen molar-refractivity contribution in [3.8, 4) is 17.2 Å². The number of hydrogen-bond acceptors (Lipinski definition) is 9. The predicted octanol–water partition coefficient (Wildman–Crippen LogP) is 7.95. The summed E-state index contributed by atoms with van der Waals surface area (Å²) >= 11 is 0. The second kappa shape index (κ2) is 15.0. The molecule has 3 fully saturated rings. The van der Waals surface area contributed by atoms with E-state index in [0.29, 0.717) is 83.4 Å². The van der Waals surface area contributed by atoms with Crippen LogP contribution in [0.3, 0.4) is 0 Å². The number of carbonyl (C=O) groups is 1. The van der Waals surface area contributed by atoms with Gasteiger partial charge in [0.2, 0.25) is 0 Å². The summed E-state index contributed by atoms with van der Waals surface area (Å²) < 4.78 is 57.4. The van der Waals surface area contributed by atoms with Crippen LogP contribution in [0.25, 0.3) is 39.0 Å². The number of aryl methyl sites for hydroxylation is 3. The van der Waals surface area contributed by atoms with Gasteiger partial charge in [0.25, 0.3) is 5.91 Å². The van der Waals surface area contributed by atoms with E-state index in [0.717, 1.165) is 29.3 Å². The summed E-state index contributed by atoms with van der Waals surface area (Å²) in [4.78, 5) is 48.3. The van der Waals surface area contributed by atoms with E-state index in [-0.39, 0.29) is 46.7 Å². The van der Waals surface area contributed by atoms with Crippen molar-refractivity contribution in [2.24, 2.45) is 13.0 Å². The summed E-state index contributed by atoms with van der Waals surface area (Å²) in [7, 11) is 1.72. The monoisotopic (exact) mass is 938 g/mol. The fraction of sp³-hybridized carbons (Fsp3) is 0.412. The van der Waals surface area contributed by atoms with Gasteiger partial charge in [-0.1, -0.05) is 18.1 Å². The van der Waals surface area contributed by atoms with Gasteiger partial charge in [-0.3, -0.25) is 28.1 Å². The van der Waals surface area contributed by atoms with Crippen LogP contribution in [0.4, 0.5) is 8.78 Å². The van der Waals surface area contributed by atoms with Crippen molar-refractivity contribution < 1.29 is 27.6 Å². The molecule has 1 N–H and O–H groups in total. The Kier molecular flexibility index (Phi) is 9.45. The fourth-order valence-corrected chi connectivity index (χ4v) is 12.1. The van der Waals surface area contributed by atoms with Crippen LogP contribution >= 0.6 is 0 Å². The molecular weight excluding hydrogens is 887 g/mol. The van der Waals surface area contributed by atoms with E-state index in [1.165, 1.54) is 21.5 Å². The summed E-state index contributed by atoms with van der Waals surface area (Å²) in [6.07, 6.45) is 8.15. The maximum Gasteiger partial charge on any atom is 0.438 e. The number of halogens is 2. The fourth-order valence-electron chi connectivity index (χ4n) is 12.1. The van der Waals surface area contributed by atoms with Gasteiger partial charge in [0.05, 0.1) is 45.8 Å². The van der Waals surface area contributed by atoms with Crippen molar-refractivity contribution >= 4 is 27.7 Å². The second-order valence-corrected chi connectivity index (χ2v) is 20.3. The average molecular weight is 939 g/mol. The molecule has 8 aromatic rings. The first-order valence-electron chi connectivity index (χ1n) is 23.6. The summed E-state index contributed by atoms with van der Waals surface area (Å²) in [5, 5.41) is 14.8. The summed E-state index contributed by atoms with van der Waals surface area (Å²) in [6, 6.07) is 14.1. The normalized spacial score (nSPS) is 24.2.